The molecule has 144 valence electrons. The highest BCUT2D eigenvalue weighted by molar-refractivity contribution is 5.97. The molecular formula is C21H37NO3. The number of Topliss-reactive ketones (excluding diaryl/α,β-unsaturated/α-hetero) is 1. The minimum Gasteiger partial charge on any atom is -0.460 e. The lowest BCUT2D eigenvalue weighted by molar-refractivity contribution is -0.154. The molecule has 0 aliphatic carbocycles. The van der Waals surface area contributed by atoms with E-state index in [4.69, 9.17) is 4.74 Å². The number of rotatable bonds is 12. The molecule has 0 rings (SSSR count). The van der Waals surface area contributed by atoms with Gasteiger partial charge in [0.25, 0.3) is 0 Å². The maximum Gasteiger partial charge on any atom is 0.306 e. The van der Waals surface area contributed by atoms with Gasteiger partial charge in [-0.3, -0.25) is 14.5 Å². The van der Waals surface area contributed by atoms with Crippen molar-refractivity contribution in [1.82, 2.24) is 4.90 Å². The molecule has 4 heteroatoms. The van der Waals surface area contributed by atoms with Crippen LogP contribution < -0.4 is 0 Å². The lowest BCUT2D eigenvalue weighted by Gasteiger charge is -2.23. The van der Waals surface area contributed by atoms with E-state index in [0.29, 0.717) is 12.0 Å². The van der Waals surface area contributed by atoms with Gasteiger partial charge in [-0.2, -0.15) is 0 Å². The van der Waals surface area contributed by atoms with E-state index in [9.17, 15) is 9.59 Å². The van der Waals surface area contributed by atoms with Crippen molar-refractivity contribution in [3.05, 3.63) is 23.8 Å². The Morgan fingerprint density at radius 2 is 1.76 bits per heavy atom. The van der Waals surface area contributed by atoms with Crippen LogP contribution in [0.25, 0.3) is 0 Å². The monoisotopic (exact) mass is 351 g/mol. The van der Waals surface area contributed by atoms with E-state index in [2.05, 4.69) is 18.4 Å². The number of ketones is 1. The van der Waals surface area contributed by atoms with E-state index in [0.717, 1.165) is 50.9 Å². The van der Waals surface area contributed by atoms with Crippen LogP contribution in [0.15, 0.2) is 23.8 Å². The fourth-order valence-corrected chi connectivity index (χ4v) is 2.59. The van der Waals surface area contributed by atoms with Crippen LogP contribution in [0.4, 0.5) is 0 Å². The Kier molecular flexibility index (Phi) is 11.3. The van der Waals surface area contributed by atoms with Gasteiger partial charge in [0, 0.05) is 18.5 Å². The molecule has 0 bridgehead atoms. The van der Waals surface area contributed by atoms with Crippen LogP contribution in [0.2, 0.25) is 0 Å². The quantitative estimate of drug-likeness (QED) is 0.221. The number of unbranched alkanes of at least 4 members (excludes halogenated alkanes) is 2. The molecule has 0 amide bonds. The largest absolute Gasteiger partial charge is 0.460 e. The van der Waals surface area contributed by atoms with Crippen LogP contribution in [-0.4, -0.2) is 41.9 Å². The third-order valence-corrected chi connectivity index (χ3v) is 3.87. The molecule has 0 N–H and O–H groups in total. The smallest absolute Gasteiger partial charge is 0.306 e. The number of hydrogen-bond donors (Lipinski definition) is 0. The highest BCUT2D eigenvalue weighted by Gasteiger charge is 2.16. The maximum absolute atomic E-state index is 11.7. The Hall–Kier alpha value is -1.42. The summed E-state index contributed by atoms with van der Waals surface area (Å²) in [7, 11) is 0. The molecule has 0 fully saturated rings. The van der Waals surface area contributed by atoms with Crippen LogP contribution in [0.1, 0.15) is 73.6 Å². The van der Waals surface area contributed by atoms with Gasteiger partial charge in [0.2, 0.25) is 0 Å². The molecule has 0 aromatic carbocycles. The lowest BCUT2D eigenvalue weighted by Crippen LogP contribution is -2.29. The number of esters is 1. The molecular weight excluding hydrogens is 314 g/mol. The third-order valence-electron chi connectivity index (χ3n) is 3.87. The lowest BCUT2D eigenvalue weighted by atomic mass is 10.0. The number of ether oxygens (including phenoxy) is 1. The predicted octanol–water partition coefficient (Wildman–Crippen LogP) is 4.69. The number of nitrogens with zero attached hydrogens (tertiary/aromatic N) is 1. The molecule has 0 aromatic rings. The van der Waals surface area contributed by atoms with Gasteiger partial charge in [-0.15, -0.1) is 0 Å². The van der Waals surface area contributed by atoms with Crippen LogP contribution in [0, 0.1) is 0 Å². The van der Waals surface area contributed by atoms with Gasteiger partial charge in [0.1, 0.15) is 5.60 Å². The molecule has 0 aliphatic rings. The summed E-state index contributed by atoms with van der Waals surface area (Å²) in [6.45, 7) is 18.0. The average molecular weight is 352 g/mol. The van der Waals surface area contributed by atoms with Crippen molar-refractivity contribution in [2.24, 2.45) is 0 Å². The Bertz CT molecular complexity index is 472. The van der Waals surface area contributed by atoms with Crippen molar-refractivity contribution in [2.75, 3.05) is 19.6 Å². The van der Waals surface area contributed by atoms with E-state index in [-0.39, 0.29) is 11.8 Å². The zero-order valence-corrected chi connectivity index (χ0v) is 17.1. The topological polar surface area (TPSA) is 46.6 Å². The number of hydrogen-bond acceptors (Lipinski definition) is 4. The Morgan fingerprint density at radius 3 is 2.24 bits per heavy atom. The van der Waals surface area contributed by atoms with Gasteiger partial charge in [-0.1, -0.05) is 26.0 Å². The molecule has 4 nitrogen and oxygen atoms in total. The van der Waals surface area contributed by atoms with Crippen molar-refractivity contribution < 1.29 is 14.3 Å². The maximum atomic E-state index is 11.7. The van der Waals surface area contributed by atoms with Crippen LogP contribution in [0.5, 0.6) is 0 Å². The standard InChI is InChI=1S/C21H37NO3/c1-8-14-22(16-19(9-2)17(3)18(4)23)15-12-10-11-13-20(24)25-21(5,6)7/h9H,3,8,10-16H2,1-2,4-7H3. The number of allylic oxidation sites excluding steroid dienone is 1. The summed E-state index contributed by atoms with van der Waals surface area (Å²) in [5, 5.41) is 0. The molecule has 0 saturated carbocycles. The third kappa shape index (κ3) is 11.7. The summed E-state index contributed by atoms with van der Waals surface area (Å²) in [6.07, 6.45) is 6.42. The van der Waals surface area contributed by atoms with Gasteiger partial charge in [0.05, 0.1) is 0 Å². The van der Waals surface area contributed by atoms with Crippen LogP contribution in [0.3, 0.4) is 0 Å². The summed E-state index contributed by atoms with van der Waals surface area (Å²) in [4.78, 5) is 25.6. The first kappa shape index (κ1) is 23.6. The molecule has 0 aromatic heterocycles. The molecule has 0 spiro atoms. The van der Waals surface area contributed by atoms with E-state index in [1.54, 1.807) is 6.92 Å². The SMILES string of the molecule is C=C(C(C)=O)C(=CC)CN(CCC)CCCCCC(=O)OC(C)(C)C. The first-order valence-corrected chi connectivity index (χ1v) is 9.40. The molecule has 0 heterocycles. The summed E-state index contributed by atoms with van der Waals surface area (Å²) in [5.41, 5.74) is 1.21. The highest BCUT2D eigenvalue weighted by atomic mass is 16.6. The second-order valence-corrected chi connectivity index (χ2v) is 7.52. The van der Waals surface area contributed by atoms with Gasteiger partial charge >= 0.3 is 5.97 Å². The van der Waals surface area contributed by atoms with E-state index < -0.39 is 5.60 Å². The van der Waals surface area contributed by atoms with Gasteiger partial charge in [-0.25, -0.2) is 0 Å². The summed E-state index contributed by atoms with van der Waals surface area (Å²) >= 11 is 0. The second-order valence-electron chi connectivity index (χ2n) is 7.52. The summed E-state index contributed by atoms with van der Waals surface area (Å²) in [6, 6.07) is 0. The van der Waals surface area contributed by atoms with Crippen molar-refractivity contribution in [1.29, 1.82) is 0 Å². The Labute approximate surface area is 154 Å². The Balaban J connectivity index is 4.26. The van der Waals surface area contributed by atoms with Crippen molar-refractivity contribution in [3.63, 3.8) is 0 Å². The van der Waals surface area contributed by atoms with E-state index in [1.165, 1.54) is 0 Å². The van der Waals surface area contributed by atoms with Crippen molar-refractivity contribution >= 4 is 11.8 Å². The zero-order valence-electron chi connectivity index (χ0n) is 17.1. The zero-order chi connectivity index (χ0) is 19.5. The van der Waals surface area contributed by atoms with Gasteiger partial charge < -0.3 is 4.74 Å². The molecule has 0 atom stereocenters. The summed E-state index contributed by atoms with van der Waals surface area (Å²) < 4.78 is 5.32. The average Bonchev–Trinajstić information content (AvgIpc) is 2.49. The van der Waals surface area contributed by atoms with Gasteiger partial charge in [0.15, 0.2) is 5.78 Å². The molecule has 0 aliphatic heterocycles. The Morgan fingerprint density at radius 1 is 1.12 bits per heavy atom. The molecule has 0 unspecified atom stereocenters. The number of carbonyl (C=O) groups excluding carboxylic acids is 2. The molecule has 25 heavy (non-hydrogen) atoms. The summed E-state index contributed by atoms with van der Waals surface area (Å²) in [5.74, 6) is -0.0891. The van der Waals surface area contributed by atoms with Crippen molar-refractivity contribution in [3.8, 4) is 0 Å². The molecule has 0 saturated heterocycles. The van der Waals surface area contributed by atoms with Crippen LogP contribution in [-0.2, 0) is 14.3 Å². The van der Waals surface area contributed by atoms with Crippen molar-refractivity contribution in [2.45, 2.75) is 79.2 Å². The van der Waals surface area contributed by atoms with E-state index in [1.807, 2.05) is 33.8 Å². The van der Waals surface area contributed by atoms with E-state index >= 15 is 0 Å². The molecule has 0 radical (unpaired) electrons. The van der Waals surface area contributed by atoms with Gasteiger partial charge in [-0.05, 0) is 72.5 Å². The normalized spacial score (nSPS) is 12.4. The highest BCUT2D eigenvalue weighted by Crippen LogP contribution is 2.14. The minimum atomic E-state index is -0.406. The predicted molar refractivity (Wildman–Crippen MR) is 105 cm³/mol. The fourth-order valence-electron chi connectivity index (χ4n) is 2.59. The second kappa shape index (κ2) is 12.0. The first-order chi connectivity index (χ1) is 11.6. The minimum absolute atomic E-state index is 0.0295. The fraction of sp³-hybridized carbons (Fsp3) is 0.714. The number of carbonyl (C=O) groups is 2. The first-order valence-electron chi connectivity index (χ1n) is 9.40. The van der Waals surface area contributed by atoms with Crippen LogP contribution >= 0.6 is 0 Å².